The molecule has 1 unspecified atom stereocenters. The van der Waals surface area contributed by atoms with Gasteiger partial charge < -0.3 is 20.2 Å². The number of halogens is 1. The van der Waals surface area contributed by atoms with Crippen molar-refractivity contribution in [2.24, 2.45) is 0 Å². The normalized spacial score (nSPS) is 15.7. The molecule has 0 aliphatic carbocycles. The van der Waals surface area contributed by atoms with E-state index in [1.807, 2.05) is 34.0 Å². The fourth-order valence-corrected chi connectivity index (χ4v) is 5.12. The zero-order chi connectivity index (χ0) is 24.5. The predicted molar refractivity (Wildman–Crippen MR) is 134 cm³/mol. The number of nitrogens with zero attached hydrogens (tertiary/aromatic N) is 6. The molecule has 1 aliphatic heterocycles. The molecule has 1 amide bonds. The van der Waals surface area contributed by atoms with Crippen molar-refractivity contribution in [2.75, 3.05) is 36.5 Å². The summed E-state index contributed by atoms with van der Waals surface area (Å²) in [5.41, 5.74) is 3.29. The highest BCUT2D eigenvalue weighted by Gasteiger charge is 2.26. The van der Waals surface area contributed by atoms with Crippen LogP contribution in [0, 0.1) is 5.82 Å². The Bertz CT molecular complexity index is 1350. The maximum absolute atomic E-state index is 13.3. The van der Waals surface area contributed by atoms with E-state index in [1.165, 1.54) is 23.5 Å². The first-order chi connectivity index (χ1) is 17.0. The molecule has 0 spiro atoms. The SMILES string of the molecule is CCc1nc2ccc(N3CCC(NC(=O)CO)C3)nn2c1N(C)c1nc(-c2ccc(F)cc2)cs1. The minimum atomic E-state index is -0.509. The molecule has 1 fully saturated rings. The Morgan fingerprint density at radius 1 is 1.26 bits per heavy atom. The molecule has 11 heteroatoms. The van der Waals surface area contributed by atoms with Crippen molar-refractivity contribution in [2.45, 2.75) is 25.8 Å². The van der Waals surface area contributed by atoms with Crippen LogP contribution in [0.3, 0.4) is 0 Å². The number of benzene rings is 1. The number of carbonyl (C=O) groups is 1. The lowest BCUT2D eigenvalue weighted by molar-refractivity contribution is -0.124. The quantitative estimate of drug-likeness (QED) is 0.407. The van der Waals surface area contributed by atoms with Gasteiger partial charge in [0.05, 0.1) is 11.4 Å². The van der Waals surface area contributed by atoms with Crippen molar-refractivity contribution in [3.8, 4) is 11.3 Å². The van der Waals surface area contributed by atoms with Crippen LogP contribution in [0.25, 0.3) is 16.9 Å². The Morgan fingerprint density at radius 2 is 2.06 bits per heavy atom. The van der Waals surface area contributed by atoms with Gasteiger partial charge in [0, 0.05) is 37.1 Å². The fraction of sp³-hybridized carbons (Fsp3) is 0.333. The number of nitrogens with one attached hydrogen (secondary N) is 1. The Labute approximate surface area is 205 Å². The van der Waals surface area contributed by atoms with Crippen LogP contribution in [-0.4, -0.2) is 63.4 Å². The van der Waals surface area contributed by atoms with E-state index in [-0.39, 0.29) is 17.8 Å². The van der Waals surface area contributed by atoms with E-state index < -0.39 is 6.61 Å². The minimum absolute atomic E-state index is 0.0246. The summed E-state index contributed by atoms with van der Waals surface area (Å²) in [6, 6.07) is 10.2. The number of anilines is 3. The van der Waals surface area contributed by atoms with Gasteiger partial charge in [-0.15, -0.1) is 16.4 Å². The van der Waals surface area contributed by atoms with Crippen LogP contribution >= 0.6 is 11.3 Å². The summed E-state index contributed by atoms with van der Waals surface area (Å²) in [6.45, 7) is 2.92. The maximum atomic E-state index is 13.3. The molecule has 3 aromatic heterocycles. The van der Waals surface area contributed by atoms with Gasteiger partial charge in [0.15, 0.2) is 16.6 Å². The summed E-state index contributed by atoms with van der Waals surface area (Å²) < 4.78 is 15.2. The molecule has 4 aromatic rings. The van der Waals surface area contributed by atoms with E-state index in [9.17, 15) is 9.18 Å². The van der Waals surface area contributed by atoms with Crippen molar-refractivity contribution in [1.82, 2.24) is 24.9 Å². The third-order valence-electron chi connectivity index (χ3n) is 6.10. The van der Waals surface area contributed by atoms with E-state index in [0.29, 0.717) is 6.54 Å². The Morgan fingerprint density at radius 3 is 2.80 bits per heavy atom. The summed E-state index contributed by atoms with van der Waals surface area (Å²) in [6.07, 6.45) is 1.52. The molecule has 5 rings (SSSR count). The second kappa shape index (κ2) is 9.59. The highest BCUT2D eigenvalue weighted by atomic mass is 32.1. The topological polar surface area (TPSA) is 98.9 Å². The van der Waals surface area contributed by atoms with Crippen LogP contribution in [0.1, 0.15) is 19.0 Å². The molecule has 4 heterocycles. The van der Waals surface area contributed by atoms with Crippen molar-refractivity contribution >= 4 is 39.7 Å². The highest BCUT2D eigenvalue weighted by molar-refractivity contribution is 7.14. The van der Waals surface area contributed by atoms with Gasteiger partial charge in [0.1, 0.15) is 18.2 Å². The molecule has 182 valence electrons. The number of hydrogen-bond acceptors (Lipinski definition) is 8. The Balaban J connectivity index is 1.45. The van der Waals surface area contributed by atoms with Crippen LogP contribution in [0.15, 0.2) is 41.8 Å². The number of fused-ring (bicyclic) bond motifs is 1. The van der Waals surface area contributed by atoms with E-state index >= 15 is 0 Å². The first kappa shape index (κ1) is 23.2. The third-order valence-corrected chi connectivity index (χ3v) is 7.02. The van der Waals surface area contributed by atoms with Crippen LogP contribution in [0.5, 0.6) is 0 Å². The number of hydrogen-bond donors (Lipinski definition) is 2. The van der Waals surface area contributed by atoms with Crippen molar-refractivity contribution < 1.29 is 14.3 Å². The number of thiazole rings is 1. The first-order valence-electron chi connectivity index (χ1n) is 11.5. The van der Waals surface area contributed by atoms with Crippen molar-refractivity contribution in [3.63, 3.8) is 0 Å². The largest absolute Gasteiger partial charge is 0.387 e. The van der Waals surface area contributed by atoms with E-state index in [4.69, 9.17) is 20.2 Å². The molecule has 0 saturated carbocycles. The fourth-order valence-electron chi connectivity index (χ4n) is 4.32. The lowest BCUT2D eigenvalue weighted by atomic mass is 10.2. The van der Waals surface area contributed by atoms with Gasteiger partial charge in [-0.3, -0.25) is 4.79 Å². The molecule has 1 aliphatic rings. The van der Waals surface area contributed by atoms with Gasteiger partial charge in [-0.25, -0.2) is 14.4 Å². The standard InChI is InChI=1S/C24H26FN7O2S/c1-3-18-23(30(2)24-28-19(14-35-24)15-4-6-16(25)7-5-15)32-20(27-18)8-9-21(29-32)31-11-10-17(12-31)26-22(34)13-33/h4-9,14,17,33H,3,10-13H2,1-2H3,(H,26,34). The number of carbonyl (C=O) groups excluding carboxylic acids is 1. The summed E-state index contributed by atoms with van der Waals surface area (Å²) in [4.78, 5) is 25.2. The second-order valence-corrected chi connectivity index (χ2v) is 9.27. The summed E-state index contributed by atoms with van der Waals surface area (Å²) in [7, 11) is 1.94. The Hall–Kier alpha value is -3.57. The first-order valence-corrected chi connectivity index (χ1v) is 12.3. The molecule has 1 atom stereocenters. The van der Waals surface area contributed by atoms with Gasteiger partial charge in [-0.1, -0.05) is 6.92 Å². The number of aryl methyl sites for hydroxylation is 1. The Kier molecular flexibility index (Phi) is 6.35. The molecular formula is C24H26FN7O2S. The number of aromatic nitrogens is 4. The second-order valence-electron chi connectivity index (χ2n) is 8.44. The lowest BCUT2D eigenvalue weighted by Crippen LogP contribution is -2.38. The number of imidazole rings is 1. The summed E-state index contributed by atoms with van der Waals surface area (Å²) in [5, 5.41) is 19.5. The smallest absolute Gasteiger partial charge is 0.245 e. The molecule has 9 nitrogen and oxygen atoms in total. The van der Waals surface area contributed by atoms with Gasteiger partial charge in [-0.05, 0) is 49.2 Å². The van der Waals surface area contributed by atoms with Gasteiger partial charge in [0.25, 0.3) is 0 Å². The van der Waals surface area contributed by atoms with Crippen molar-refractivity contribution in [3.05, 3.63) is 53.3 Å². The third kappa shape index (κ3) is 4.56. The van der Waals surface area contributed by atoms with Crippen LogP contribution in [0.2, 0.25) is 0 Å². The predicted octanol–water partition coefficient (Wildman–Crippen LogP) is 3.01. The van der Waals surface area contributed by atoms with Gasteiger partial charge in [0.2, 0.25) is 5.91 Å². The van der Waals surface area contributed by atoms with E-state index in [1.54, 1.807) is 12.1 Å². The number of aliphatic hydroxyl groups is 1. The summed E-state index contributed by atoms with van der Waals surface area (Å²) >= 11 is 1.50. The average molecular weight is 496 g/mol. The zero-order valence-electron chi connectivity index (χ0n) is 19.5. The van der Waals surface area contributed by atoms with E-state index in [0.717, 1.165) is 58.8 Å². The van der Waals surface area contributed by atoms with Crippen molar-refractivity contribution in [1.29, 1.82) is 0 Å². The molecule has 2 N–H and O–H groups in total. The number of aliphatic hydroxyl groups excluding tert-OH is 1. The molecule has 1 aromatic carbocycles. The molecule has 0 radical (unpaired) electrons. The van der Waals surface area contributed by atoms with Gasteiger partial charge in [-0.2, -0.15) is 4.52 Å². The number of amides is 1. The molecule has 35 heavy (non-hydrogen) atoms. The maximum Gasteiger partial charge on any atom is 0.245 e. The van der Waals surface area contributed by atoms with Crippen LogP contribution < -0.4 is 15.1 Å². The zero-order valence-corrected chi connectivity index (χ0v) is 20.3. The van der Waals surface area contributed by atoms with E-state index in [2.05, 4.69) is 17.1 Å². The molecule has 0 bridgehead atoms. The highest BCUT2D eigenvalue weighted by Crippen LogP contribution is 2.34. The number of rotatable bonds is 7. The lowest BCUT2D eigenvalue weighted by Gasteiger charge is -2.20. The summed E-state index contributed by atoms with van der Waals surface area (Å²) in [5.74, 6) is 0.990. The van der Waals surface area contributed by atoms with Crippen LogP contribution in [-0.2, 0) is 11.2 Å². The monoisotopic (exact) mass is 495 g/mol. The average Bonchev–Trinajstić information content (AvgIpc) is 3.62. The van der Waals surface area contributed by atoms with Gasteiger partial charge >= 0.3 is 0 Å². The molecular weight excluding hydrogens is 469 g/mol. The van der Waals surface area contributed by atoms with Crippen LogP contribution in [0.4, 0.5) is 21.2 Å². The minimum Gasteiger partial charge on any atom is -0.387 e. The molecule has 1 saturated heterocycles.